The van der Waals surface area contributed by atoms with Gasteiger partial charge < -0.3 is 15.0 Å². The largest absolute Gasteiger partial charge is 0.379 e. The van der Waals surface area contributed by atoms with Gasteiger partial charge in [-0.15, -0.1) is 0 Å². The quantitative estimate of drug-likeness (QED) is 0.440. The molecule has 0 aromatic carbocycles. The molecular weight excluding hydrogens is 300 g/mol. The van der Waals surface area contributed by atoms with Gasteiger partial charge in [0.2, 0.25) is 0 Å². The van der Waals surface area contributed by atoms with Crippen LogP contribution in [-0.4, -0.2) is 74.8 Å². The average Bonchev–Trinajstić information content (AvgIpc) is 2.58. The molecule has 2 rings (SSSR count). The summed E-state index contributed by atoms with van der Waals surface area (Å²) in [6, 6.07) is 0. The number of aliphatic imine (C=N–C) groups is 1. The van der Waals surface area contributed by atoms with Crippen LogP contribution in [0.4, 0.5) is 0 Å². The van der Waals surface area contributed by atoms with Crippen LogP contribution in [0.5, 0.6) is 0 Å². The van der Waals surface area contributed by atoms with Gasteiger partial charge in [0.25, 0.3) is 0 Å². The fourth-order valence-corrected chi connectivity index (χ4v) is 4.03. The van der Waals surface area contributed by atoms with Crippen LogP contribution >= 0.6 is 0 Å². The van der Waals surface area contributed by atoms with Crippen LogP contribution < -0.4 is 5.32 Å². The van der Waals surface area contributed by atoms with Crippen molar-refractivity contribution in [2.45, 2.75) is 52.9 Å². The number of hydrogen-bond acceptors (Lipinski definition) is 3. The van der Waals surface area contributed by atoms with Crippen molar-refractivity contribution in [3.8, 4) is 0 Å². The van der Waals surface area contributed by atoms with Crippen molar-refractivity contribution in [2.75, 3.05) is 59.0 Å². The Hall–Kier alpha value is -0.810. The second-order valence-electron chi connectivity index (χ2n) is 7.63. The lowest BCUT2D eigenvalue weighted by atomic mass is 9.78. The normalized spacial score (nSPS) is 26.6. The molecule has 0 amide bonds. The predicted octanol–water partition coefficient (Wildman–Crippen LogP) is 2.58. The van der Waals surface area contributed by atoms with Gasteiger partial charge in [0, 0.05) is 45.8 Å². The number of rotatable bonds is 7. The Kier molecular flexibility index (Phi) is 8.33. The summed E-state index contributed by atoms with van der Waals surface area (Å²) in [6.45, 7) is 16.1. The number of likely N-dealkylation sites (tertiary alicyclic amines) is 1. The van der Waals surface area contributed by atoms with Crippen LogP contribution in [0.3, 0.4) is 0 Å². The highest BCUT2D eigenvalue weighted by atomic mass is 16.5. The number of ether oxygens (including phenoxy) is 1. The van der Waals surface area contributed by atoms with Gasteiger partial charge in [-0.2, -0.15) is 0 Å². The van der Waals surface area contributed by atoms with E-state index in [1.54, 1.807) is 0 Å². The first-order chi connectivity index (χ1) is 11.7. The lowest BCUT2D eigenvalue weighted by molar-refractivity contribution is 0.0377. The van der Waals surface area contributed by atoms with E-state index in [9.17, 15) is 0 Å². The Morgan fingerprint density at radius 3 is 2.71 bits per heavy atom. The van der Waals surface area contributed by atoms with Crippen molar-refractivity contribution in [1.29, 1.82) is 0 Å². The fraction of sp³-hybridized carbons (Fsp3) is 0.947. The SMILES string of the molecule is CCCC1(C)CCCN(C(=NCCCN2CCOCC2)NCC)C1. The monoisotopic (exact) mass is 338 g/mol. The lowest BCUT2D eigenvalue weighted by Gasteiger charge is -2.42. The molecule has 5 heteroatoms. The molecule has 2 fully saturated rings. The molecule has 140 valence electrons. The molecule has 24 heavy (non-hydrogen) atoms. The van der Waals surface area contributed by atoms with E-state index < -0.39 is 0 Å². The summed E-state index contributed by atoms with van der Waals surface area (Å²) < 4.78 is 5.41. The smallest absolute Gasteiger partial charge is 0.193 e. The van der Waals surface area contributed by atoms with Gasteiger partial charge in [-0.05, 0) is 38.0 Å². The van der Waals surface area contributed by atoms with Crippen molar-refractivity contribution in [2.24, 2.45) is 10.4 Å². The Morgan fingerprint density at radius 1 is 1.21 bits per heavy atom. The highest BCUT2D eigenvalue weighted by Gasteiger charge is 2.31. The second-order valence-corrected chi connectivity index (χ2v) is 7.63. The van der Waals surface area contributed by atoms with Crippen molar-refractivity contribution < 1.29 is 4.74 Å². The molecular formula is C19H38N4O. The molecule has 0 aromatic rings. The van der Waals surface area contributed by atoms with Crippen LogP contribution in [0.15, 0.2) is 4.99 Å². The lowest BCUT2D eigenvalue weighted by Crippen LogP contribution is -2.49. The fourth-order valence-electron chi connectivity index (χ4n) is 4.03. The minimum absolute atomic E-state index is 0.455. The second kappa shape index (κ2) is 10.2. The Labute approximate surface area is 148 Å². The van der Waals surface area contributed by atoms with Gasteiger partial charge in [-0.25, -0.2) is 0 Å². The van der Waals surface area contributed by atoms with E-state index in [0.29, 0.717) is 5.41 Å². The summed E-state index contributed by atoms with van der Waals surface area (Å²) in [5.41, 5.74) is 0.455. The van der Waals surface area contributed by atoms with E-state index in [0.717, 1.165) is 71.4 Å². The van der Waals surface area contributed by atoms with Crippen molar-refractivity contribution in [3.63, 3.8) is 0 Å². The van der Waals surface area contributed by atoms with Crippen LogP contribution in [0, 0.1) is 5.41 Å². The minimum Gasteiger partial charge on any atom is -0.379 e. The molecule has 1 N–H and O–H groups in total. The highest BCUT2D eigenvalue weighted by molar-refractivity contribution is 5.80. The third-order valence-corrected chi connectivity index (χ3v) is 5.27. The zero-order valence-corrected chi connectivity index (χ0v) is 16.1. The van der Waals surface area contributed by atoms with E-state index in [4.69, 9.17) is 9.73 Å². The molecule has 2 saturated heterocycles. The summed E-state index contributed by atoms with van der Waals surface area (Å²) >= 11 is 0. The summed E-state index contributed by atoms with van der Waals surface area (Å²) in [6.07, 6.45) is 6.37. The molecule has 5 nitrogen and oxygen atoms in total. The number of hydrogen-bond donors (Lipinski definition) is 1. The van der Waals surface area contributed by atoms with Gasteiger partial charge in [-0.3, -0.25) is 9.89 Å². The number of nitrogens with one attached hydrogen (secondary N) is 1. The number of piperidine rings is 1. The van der Waals surface area contributed by atoms with Crippen molar-refractivity contribution in [1.82, 2.24) is 15.1 Å². The van der Waals surface area contributed by atoms with Gasteiger partial charge >= 0.3 is 0 Å². The molecule has 0 spiro atoms. The topological polar surface area (TPSA) is 40.1 Å². The first kappa shape index (κ1) is 19.5. The number of morpholine rings is 1. The van der Waals surface area contributed by atoms with E-state index in [1.165, 1.54) is 25.7 Å². The maximum Gasteiger partial charge on any atom is 0.193 e. The van der Waals surface area contributed by atoms with Gasteiger partial charge in [0.1, 0.15) is 0 Å². The standard InChI is InChI=1S/C19H38N4O/c1-4-8-19(3)9-6-12-23(17-19)18(20-5-2)21-10-7-11-22-13-15-24-16-14-22/h4-17H2,1-3H3,(H,20,21). The van der Waals surface area contributed by atoms with Crippen LogP contribution in [0.25, 0.3) is 0 Å². The van der Waals surface area contributed by atoms with Crippen molar-refractivity contribution >= 4 is 5.96 Å². The Morgan fingerprint density at radius 2 is 2.00 bits per heavy atom. The van der Waals surface area contributed by atoms with E-state index in [-0.39, 0.29) is 0 Å². The summed E-state index contributed by atoms with van der Waals surface area (Å²) in [5, 5.41) is 3.51. The summed E-state index contributed by atoms with van der Waals surface area (Å²) in [4.78, 5) is 9.91. The van der Waals surface area contributed by atoms with Gasteiger partial charge in [-0.1, -0.05) is 20.3 Å². The molecule has 2 aliphatic heterocycles. The summed E-state index contributed by atoms with van der Waals surface area (Å²) in [5.74, 6) is 1.13. The van der Waals surface area contributed by atoms with Crippen LogP contribution in [-0.2, 0) is 4.74 Å². The number of guanidine groups is 1. The highest BCUT2D eigenvalue weighted by Crippen LogP contribution is 2.33. The Bertz CT molecular complexity index is 378. The van der Waals surface area contributed by atoms with Crippen molar-refractivity contribution in [3.05, 3.63) is 0 Å². The zero-order valence-electron chi connectivity index (χ0n) is 16.1. The summed E-state index contributed by atoms with van der Waals surface area (Å²) in [7, 11) is 0. The molecule has 0 aromatic heterocycles. The first-order valence-corrected chi connectivity index (χ1v) is 10.0. The third kappa shape index (κ3) is 6.25. The predicted molar refractivity (Wildman–Crippen MR) is 102 cm³/mol. The van der Waals surface area contributed by atoms with Crippen LogP contribution in [0.1, 0.15) is 52.9 Å². The first-order valence-electron chi connectivity index (χ1n) is 10.0. The maximum atomic E-state index is 5.41. The maximum absolute atomic E-state index is 5.41. The van der Waals surface area contributed by atoms with E-state index in [2.05, 4.69) is 35.9 Å². The Balaban J connectivity index is 1.82. The molecule has 2 heterocycles. The number of nitrogens with zero attached hydrogens (tertiary/aromatic N) is 3. The van der Waals surface area contributed by atoms with E-state index in [1.807, 2.05) is 0 Å². The molecule has 1 atom stereocenters. The molecule has 1 unspecified atom stereocenters. The molecule has 2 aliphatic rings. The average molecular weight is 339 g/mol. The van der Waals surface area contributed by atoms with Gasteiger partial charge in [0.05, 0.1) is 13.2 Å². The zero-order chi connectivity index (χ0) is 17.3. The molecule has 0 bridgehead atoms. The third-order valence-electron chi connectivity index (χ3n) is 5.27. The molecule has 0 aliphatic carbocycles. The molecule has 0 saturated carbocycles. The van der Waals surface area contributed by atoms with Crippen LogP contribution in [0.2, 0.25) is 0 Å². The minimum atomic E-state index is 0.455. The molecule has 0 radical (unpaired) electrons. The van der Waals surface area contributed by atoms with E-state index >= 15 is 0 Å². The van der Waals surface area contributed by atoms with Gasteiger partial charge in [0.15, 0.2) is 5.96 Å².